The molecule has 8 heteroatoms. The third kappa shape index (κ3) is 5.70. The highest BCUT2D eigenvalue weighted by Crippen LogP contribution is 2.24. The van der Waals surface area contributed by atoms with Crippen molar-refractivity contribution in [2.75, 3.05) is 6.26 Å². The fourth-order valence-corrected chi connectivity index (χ4v) is 4.23. The fraction of sp³-hybridized carbons (Fsp3) is 0.435. The number of hydrogen-bond acceptors (Lipinski definition) is 6. The summed E-state index contributed by atoms with van der Waals surface area (Å²) in [5, 5.41) is 8.35. The quantitative estimate of drug-likeness (QED) is 0.404. The Hall–Kier alpha value is -2.74. The first-order valence-electron chi connectivity index (χ1n) is 10.5. The molecule has 1 amide bonds. The SMILES string of the molecule is CC[C@H](NC(=O)CCc1c(C)nc(SC)nc1C)[C@H](c1ccc(C)cc1)n1cncn1. The molecule has 0 unspecified atom stereocenters. The zero-order valence-electron chi connectivity index (χ0n) is 18.8. The molecule has 3 aromatic rings. The summed E-state index contributed by atoms with van der Waals surface area (Å²) in [5.74, 6) is 0.0109. The average molecular weight is 439 g/mol. The van der Waals surface area contributed by atoms with Crippen LogP contribution in [0, 0.1) is 20.8 Å². The fourth-order valence-electron chi connectivity index (χ4n) is 3.78. The number of thioether (sulfide) groups is 1. The zero-order valence-corrected chi connectivity index (χ0v) is 19.6. The number of nitrogens with zero attached hydrogens (tertiary/aromatic N) is 5. The van der Waals surface area contributed by atoms with Crippen molar-refractivity contribution in [1.29, 1.82) is 0 Å². The zero-order chi connectivity index (χ0) is 22.4. The number of benzene rings is 1. The van der Waals surface area contributed by atoms with Crippen molar-refractivity contribution < 1.29 is 4.79 Å². The maximum Gasteiger partial charge on any atom is 0.220 e. The highest BCUT2D eigenvalue weighted by molar-refractivity contribution is 7.98. The molecule has 31 heavy (non-hydrogen) atoms. The normalized spacial score (nSPS) is 13.1. The van der Waals surface area contributed by atoms with E-state index in [1.807, 2.05) is 24.8 Å². The topological polar surface area (TPSA) is 85.6 Å². The molecule has 2 heterocycles. The second-order valence-electron chi connectivity index (χ2n) is 7.67. The van der Waals surface area contributed by atoms with Crippen LogP contribution in [0.1, 0.15) is 53.9 Å². The second kappa shape index (κ2) is 10.5. The van der Waals surface area contributed by atoms with Gasteiger partial charge in [-0.2, -0.15) is 5.10 Å². The first kappa shape index (κ1) is 22.9. The second-order valence-corrected chi connectivity index (χ2v) is 8.45. The first-order chi connectivity index (χ1) is 14.9. The molecule has 0 aliphatic heterocycles. The predicted octanol–water partition coefficient (Wildman–Crippen LogP) is 3.83. The lowest BCUT2D eigenvalue weighted by atomic mass is 9.96. The van der Waals surface area contributed by atoms with Crippen LogP contribution < -0.4 is 5.32 Å². The van der Waals surface area contributed by atoms with Crippen LogP contribution in [-0.4, -0.2) is 42.9 Å². The number of aryl methyl sites for hydroxylation is 3. The van der Waals surface area contributed by atoms with E-state index in [1.165, 1.54) is 23.7 Å². The van der Waals surface area contributed by atoms with Crippen LogP contribution in [-0.2, 0) is 11.2 Å². The Bertz CT molecular complexity index is 980. The minimum absolute atomic E-state index is 0.0109. The lowest BCUT2D eigenvalue weighted by Gasteiger charge is -2.28. The van der Waals surface area contributed by atoms with Crippen LogP contribution in [0.4, 0.5) is 0 Å². The van der Waals surface area contributed by atoms with Gasteiger partial charge in [-0.3, -0.25) is 4.79 Å². The summed E-state index contributed by atoms with van der Waals surface area (Å²) in [6.45, 7) is 8.10. The van der Waals surface area contributed by atoms with E-state index in [1.54, 1.807) is 6.33 Å². The van der Waals surface area contributed by atoms with Gasteiger partial charge >= 0.3 is 0 Å². The van der Waals surface area contributed by atoms with E-state index >= 15 is 0 Å². The summed E-state index contributed by atoms with van der Waals surface area (Å²) in [7, 11) is 0. The molecule has 2 atom stereocenters. The predicted molar refractivity (Wildman–Crippen MR) is 123 cm³/mol. The Morgan fingerprint density at radius 1 is 1.13 bits per heavy atom. The van der Waals surface area contributed by atoms with Crippen LogP contribution in [0.15, 0.2) is 42.1 Å². The van der Waals surface area contributed by atoms with Gasteiger partial charge in [0.15, 0.2) is 5.16 Å². The molecule has 0 saturated heterocycles. The van der Waals surface area contributed by atoms with Gasteiger partial charge < -0.3 is 5.32 Å². The molecule has 0 aliphatic rings. The largest absolute Gasteiger partial charge is 0.351 e. The van der Waals surface area contributed by atoms with E-state index in [2.05, 4.69) is 63.5 Å². The summed E-state index contributed by atoms with van der Waals surface area (Å²) < 4.78 is 1.82. The van der Waals surface area contributed by atoms with Crippen LogP contribution in [0.2, 0.25) is 0 Å². The smallest absolute Gasteiger partial charge is 0.220 e. The van der Waals surface area contributed by atoms with E-state index in [4.69, 9.17) is 0 Å². The van der Waals surface area contributed by atoms with E-state index in [0.717, 1.165) is 34.1 Å². The van der Waals surface area contributed by atoms with Gasteiger partial charge in [-0.05, 0) is 51.0 Å². The first-order valence-corrected chi connectivity index (χ1v) is 11.7. The maximum absolute atomic E-state index is 12.9. The van der Waals surface area contributed by atoms with Gasteiger partial charge in [-0.15, -0.1) is 0 Å². The number of carbonyl (C=O) groups excluding carboxylic acids is 1. The van der Waals surface area contributed by atoms with E-state index < -0.39 is 0 Å². The van der Waals surface area contributed by atoms with Crippen molar-refractivity contribution in [2.45, 2.75) is 64.2 Å². The van der Waals surface area contributed by atoms with Crippen molar-refractivity contribution in [1.82, 2.24) is 30.0 Å². The number of aromatic nitrogens is 5. The van der Waals surface area contributed by atoms with E-state index in [9.17, 15) is 4.79 Å². The number of nitrogens with one attached hydrogen (secondary N) is 1. The number of rotatable bonds is 9. The number of carbonyl (C=O) groups is 1. The molecule has 0 spiro atoms. The molecule has 2 aromatic heterocycles. The van der Waals surface area contributed by atoms with Crippen LogP contribution in [0.5, 0.6) is 0 Å². The molecular formula is C23H30N6OS. The van der Waals surface area contributed by atoms with Crippen LogP contribution in [0.25, 0.3) is 0 Å². The minimum atomic E-state index is -0.121. The standard InChI is InChI=1S/C23H30N6OS/c1-6-20(22(29-14-24-13-25-29)18-9-7-15(2)8-10-18)28-21(30)12-11-19-16(3)26-23(31-5)27-17(19)4/h7-10,13-14,20,22H,6,11-12H2,1-5H3,(H,28,30)/t20-,22-/m0/s1. The van der Waals surface area contributed by atoms with Gasteiger partial charge in [0.2, 0.25) is 5.91 Å². The van der Waals surface area contributed by atoms with E-state index in [-0.39, 0.29) is 18.0 Å². The summed E-state index contributed by atoms with van der Waals surface area (Å²) in [6, 6.07) is 8.12. The summed E-state index contributed by atoms with van der Waals surface area (Å²) in [6.07, 6.45) is 6.97. The maximum atomic E-state index is 12.9. The molecule has 0 fully saturated rings. The molecule has 0 bridgehead atoms. The molecule has 0 radical (unpaired) electrons. The number of amides is 1. The van der Waals surface area contributed by atoms with Gasteiger partial charge in [-0.25, -0.2) is 19.6 Å². The average Bonchev–Trinajstić information content (AvgIpc) is 3.28. The Morgan fingerprint density at radius 2 is 1.81 bits per heavy atom. The third-order valence-corrected chi connectivity index (χ3v) is 6.04. The number of hydrogen-bond donors (Lipinski definition) is 1. The van der Waals surface area contributed by atoms with Crippen molar-refractivity contribution in [3.63, 3.8) is 0 Å². The highest BCUT2D eigenvalue weighted by Gasteiger charge is 2.26. The molecule has 0 aliphatic carbocycles. The Balaban J connectivity index is 1.74. The molecule has 0 saturated carbocycles. The molecule has 164 valence electrons. The van der Waals surface area contributed by atoms with Gasteiger partial charge in [-0.1, -0.05) is 48.5 Å². The van der Waals surface area contributed by atoms with Crippen LogP contribution in [0.3, 0.4) is 0 Å². The Kier molecular flexibility index (Phi) is 7.79. The van der Waals surface area contributed by atoms with Gasteiger partial charge in [0, 0.05) is 17.8 Å². The third-order valence-electron chi connectivity index (χ3n) is 5.49. The molecule has 1 aromatic carbocycles. The summed E-state index contributed by atoms with van der Waals surface area (Å²) >= 11 is 1.53. The molecule has 3 rings (SSSR count). The van der Waals surface area contributed by atoms with E-state index in [0.29, 0.717) is 12.8 Å². The minimum Gasteiger partial charge on any atom is -0.351 e. The molecule has 7 nitrogen and oxygen atoms in total. The van der Waals surface area contributed by atoms with Crippen molar-refractivity contribution in [2.24, 2.45) is 0 Å². The lowest BCUT2D eigenvalue weighted by Crippen LogP contribution is -2.41. The Morgan fingerprint density at radius 3 is 2.35 bits per heavy atom. The summed E-state index contributed by atoms with van der Waals surface area (Å²) in [5.41, 5.74) is 5.22. The van der Waals surface area contributed by atoms with Crippen molar-refractivity contribution in [3.05, 3.63) is 65.0 Å². The van der Waals surface area contributed by atoms with Gasteiger partial charge in [0.05, 0.1) is 12.1 Å². The monoisotopic (exact) mass is 438 g/mol. The van der Waals surface area contributed by atoms with Crippen molar-refractivity contribution >= 4 is 17.7 Å². The molecule has 1 N–H and O–H groups in total. The highest BCUT2D eigenvalue weighted by atomic mass is 32.2. The molecular weight excluding hydrogens is 408 g/mol. The van der Waals surface area contributed by atoms with Crippen molar-refractivity contribution in [3.8, 4) is 0 Å². The van der Waals surface area contributed by atoms with Crippen LogP contribution >= 0.6 is 11.8 Å². The Labute approximate surface area is 188 Å². The summed E-state index contributed by atoms with van der Waals surface area (Å²) in [4.78, 5) is 26.0. The van der Waals surface area contributed by atoms with Gasteiger partial charge in [0.1, 0.15) is 12.7 Å². The van der Waals surface area contributed by atoms with Gasteiger partial charge in [0.25, 0.3) is 0 Å². The lowest BCUT2D eigenvalue weighted by molar-refractivity contribution is -0.122.